The molecule has 0 amide bonds. The zero-order chi connectivity index (χ0) is 12.7. The molecule has 1 N–H and O–H groups in total. The molecule has 17 heavy (non-hydrogen) atoms. The third-order valence-corrected chi connectivity index (χ3v) is 2.74. The van der Waals surface area contributed by atoms with Crippen molar-refractivity contribution in [1.29, 1.82) is 0 Å². The van der Waals surface area contributed by atoms with Gasteiger partial charge in [0.15, 0.2) is 0 Å². The summed E-state index contributed by atoms with van der Waals surface area (Å²) in [7, 11) is 3.39. The smallest absolute Gasteiger partial charge is 0.123 e. The van der Waals surface area contributed by atoms with Gasteiger partial charge < -0.3 is 14.8 Å². The highest BCUT2D eigenvalue weighted by atomic mass is 35.5. The summed E-state index contributed by atoms with van der Waals surface area (Å²) < 4.78 is 10.4. The summed E-state index contributed by atoms with van der Waals surface area (Å²) in [5.74, 6) is 1.35. The topological polar surface area (TPSA) is 30.5 Å². The van der Waals surface area contributed by atoms with E-state index >= 15 is 0 Å². The minimum atomic E-state index is 0.491. The van der Waals surface area contributed by atoms with Crippen LogP contribution < -0.4 is 10.1 Å². The first-order chi connectivity index (χ1) is 8.17. The molecule has 0 radical (unpaired) electrons. The van der Waals surface area contributed by atoms with Crippen LogP contribution in [0.15, 0.2) is 18.2 Å². The van der Waals surface area contributed by atoms with Gasteiger partial charge in [-0.15, -0.1) is 0 Å². The van der Waals surface area contributed by atoms with Gasteiger partial charge in [0.25, 0.3) is 0 Å². The molecule has 0 bridgehead atoms. The number of halogens is 1. The molecule has 0 aliphatic rings. The predicted octanol–water partition coefficient (Wildman–Crippen LogP) is 2.72. The molecule has 0 aliphatic heterocycles. The number of rotatable bonds is 7. The molecule has 1 unspecified atom stereocenters. The molecular formula is C13H20ClNO2. The molecule has 0 saturated heterocycles. The summed E-state index contributed by atoms with van der Waals surface area (Å²) >= 11 is 5.96. The molecule has 1 aromatic rings. The zero-order valence-corrected chi connectivity index (χ0v) is 11.4. The van der Waals surface area contributed by atoms with E-state index in [4.69, 9.17) is 21.1 Å². The van der Waals surface area contributed by atoms with Crippen molar-refractivity contribution in [2.45, 2.75) is 13.5 Å². The summed E-state index contributed by atoms with van der Waals surface area (Å²) in [4.78, 5) is 0. The van der Waals surface area contributed by atoms with E-state index in [0.29, 0.717) is 5.92 Å². The largest absolute Gasteiger partial charge is 0.496 e. The molecule has 1 rings (SSSR count). The van der Waals surface area contributed by atoms with Crippen molar-refractivity contribution in [3.05, 3.63) is 28.8 Å². The van der Waals surface area contributed by atoms with E-state index in [1.165, 1.54) is 0 Å². The quantitative estimate of drug-likeness (QED) is 0.815. The minimum absolute atomic E-state index is 0.491. The average molecular weight is 258 g/mol. The standard InChI is InChI=1S/C13H20ClNO2/c1-10(9-16-2)7-15-8-11-6-12(14)4-5-13(11)17-3/h4-6,10,15H,7-9H2,1-3H3. The van der Waals surface area contributed by atoms with E-state index in [1.54, 1.807) is 14.2 Å². The van der Waals surface area contributed by atoms with Gasteiger partial charge in [-0.1, -0.05) is 18.5 Å². The second-order valence-electron chi connectivity index (χ2n) is 4.15. The Morgan fingerprint density at radius 1 is 1.35 bits per heavy atom. The number of nitrogens with one attached hydrogen (secondary N) is 1. The predicted molar refractivity (Wildman–Crippen MR) is 70.8 cm³/mol. The highest BCUT2D eigenvalue weighted by Crippen LogP contribution is 2.22. The number of benzene rings is 1. The number of ether oxygens (including phenoxy) is 2. The van der Waals surface area contributed by atoms with Gasteiger partial charge in [-0.2, -0.15) is 0 Å². The Morgan fingerprint density at radius 2 is 2.12 bits per heavy atom. The van der Waals surface area contributed by atoms with Crippen LogP contribution in [-0.4, -0.2) is 27.4 Å². The normalized spacial score (nSPS) is 12.5. The van der Waals surface area contributed by atoms with Crippen LogP contribution in [0.4, 0.5) is 0 Å². The number of hydrogen-bond donors (Lipinski definition) is 1. The fraction of sp³-hybridized carbons (Fsp3) is 0.538. The molecule has 1 aromatic carbocycles. The van der Waals surface area contributed by atoms with E-state index in [2.05, 4.69) is 12.2 Å². The first-order valence-corrected chi connectivity index (χ1v) is 6.07. The van der Waals surface area contributed by atoms with Gasteiger partial charge in [-0.05, 0) is 24.1 Å². The minimum Gasteiger partial charge on any atom is -0.496 e. The second kappa shape index (κ2) is 7.54. The third kappa shape index (κ3) is 4.94. The molecule has 4 heteroatoms. The first kappa shape index (κ1) is 14.3. The van der Waals surface area contributed by atoms with Crippen molar-refractivity contribution >= 4 is 11.6 Å². The Balaban J connectivity index is 2.48. The van der Waals surface area contributed by atoms with Crippen molar-refractivity contribution in [2.24, 2.45) is 5.92 Å². The van der Waals surface area contributed by atoms with Gasteiger partial charge in [-0.25, -0.2) is 0 Å². The Bertz CT molecular complexity index is 344. The summed E-state index contributed by atoms with van der Waals surface area (Å²) in [6.45, 7) is 4.56. The SMILES string of the molecule is COCC(C)CNCc1cc(Cl)ccc1OC. The Morgan fingerprint density at radius 3 is 2.76 bits per heavy atom. The molecule has 3 nitrogen and oxygen atoms in total. The fourth-order valence-corrected chi connectivity index (χ4v) is 1.88. The lowest BCUT2D eigenvalue weighted by Crippen LogP contribution is -2.23. The van der Waals surface area contributed by atoms with Crippen LogP contribution in [0.2, 0.25) is 5.02 Å². The highest BCUT2D eigenvalue weighted by Gasteiger charge is 2.05. The van der Waals surface area contributed by atoms with E-state index < -0.39 is 0 Å². The maximum atomic E-state index is 5.96. The van der Waals surface area contributed by atoms with Crippen molar-refractivity contribution in [2.75, 3.05) is 27.4 Å². The lowest BCUT2D eigenvalue weighted by Gasteiger charge is -2.13. The molecule has 0 aromatic heterocycles. The lowest BCUT2D eigenvalue weighted by atomic mass is 10.1. The van der Waals surface area contributed by atoms with E-state index in [-0.39, 0.29) is 0 Å². The van der Waals surface area contributed by atoms with Crippen molar-refractivity contribution in [3.63, 3.8) is 0 Å². The lowest BCUT2D eigenvalue weighted by molar-refractivity contribution is 0.158. The molecule has 0 aliphatic carbocycles. The average Bonchev–Trinajstić information content (AvgIpc) is 2.30. The molecule has 96 valence electrons. The van der Waals surface area contributed by atoms with Crippen molar-refractivity contribution < 1.29 is 9.47 Å². The van der Waals surface area contributed by atoms with Crippen LogP contribution in [0.5, 0.6) is 5.75 Å². The van der Waals surface area contributed by atoms with Gasteiger partial charge in [0.05, 0.1) is 7.11 Å². The summed E-state index contributed by atoms with van der Waals surface area (Å²) in [6, 6.07) is 5.64. The highest BCUT2D eigenvalue weighted by molar-refractivity contribution is 6.30. The fourth-order valence-electron chi connectivity index (χ4n) is 1.68. The third-order valence-electron chi connectivity index (χ3n) is 2.50. The van der Waals surface area contributed by atoms with Crippen molar-refractivity contribution in [1.82, 2.24) is 5.32 Å². The summed E-state index contributed by atoms with van der Waals surface area (Å²) in [6.07, 6.45) is 0. The molecule has 0 spiro atoms. The maximum absolute atomic E-state index is 5.96. The van der Waals surface area contributed by atoms with Crippen LogP contribution in [0, 0.1) is 5.92 Å². The van der Waals surface area contributed by atoms with Gasteiger partial charge in [-0.3, -0.25) is 0 Å². The van der Waals surface area contributed by atoms with Crippen molar-refractivity contribution in [3.8, 4) is 5.75 Å². The van der Waals surface area contributed by atoms with Crippen LogP contribution >= 0.6 is 11.6 Å². The zero-order valence-electron chi connectivity index (χ0n) is 10.6. The van der Waals surface area contributed by atoms with Gasteiger partial charge in [0.1, 0.15) is 5.75 Å². The van der Waals surface area contributed by atoms with E-state index in [9.17, 15) is 0 Å². The van der Waals surface area contributed by atoms with Crippen LogP contribution in [0.25, 0.3) is 0 Å². The summed E-state index contributed by atoms with van der Waals surface area (Å²) in [5.41, 5.74) is 1.07. The molecule has 0 fully saturated rings. The van der Waals surface area contributed by atoms with E-state index in [1.807, 2.05) is 18.2 Å². The number of methoxy groups -OCH3 is 2. The molecule has 0 heterocycles. The Kier molecular flexibility index (Phi) is 6.34. The Hall–Kier alpha value is -0.770. The van der Waals surface area contributed by atoms with Crippen LogP contribution in [0.3, 0.4) is 0 Å². The van der Waals surface area contributed by atoms with Crippen LogP contribution in [-0.2, 0) is 11.3 Å². The monoisotopic (exact) mass is 257 g/mol. The second-order valence-corrected chi connectivity index (χ2v) is 4.58. The molecule has 1 atom stereocenters. The number of hydrogen-bond acceptors (Lipinski definition) is 3. The Labute approximate surface area is 108 Å². The van der Waals surface area contributed by atoms with Gasteiger partial charge >= 0.3 is 0 Å². The van der Waals surface area contributed by atoms with Crippen LogP contribution in [0.1, 0.15) is 12.5 Å². The summed E-state index contributed by atoms with van der Waals surface area (Å²) in [5, 5.41) is 4.10. The van der Waals surface area contributed by atoms with Gasteiger partial charge in [0, 0.05) is 37.4 Å². The maximum Gasteiger partial charge on any atom is 0.123 e. The molecular weight excluding hydrogens is 238 g/mol. The first-order valence-electron chi connectivity index (χ1n) is 5.69. The van der Waals surface area contributed by atoms with E-state index in [0.717, 1.165) is 36.0 Å². The molecule has 0 saturated carbocycles. The van der Waals surface area contributed by atoms with Gasteiger partial charge in [0.2, 0.25) is 0 Å².